The van der Waals surface area contributed by atoms with E-state index in [2.05, 4.69) is 4.40 Å². The van der Waals surface area contributed by atoms with Crippen molar-refractivity contribution in [3.05, 3.63) is 60.2 Å². The Morgan fingerprint density at radius 1 is 0.929 bits per heavy atom. The second kappa shape index (κ2) is 10.6. The van der Waals surface area contributed by atoms with E-state index in [1.807, 2.05) is 64.1 Å². The van der Waals surface area contributed by atoms with Gasteiger partial charge in [-0.2, -0.15) is 4.40 Å². The number of para-hydroxylation sites is 2. The average Bonchev–Trinajstić information content (AvgIpc) is 2.66. The van der Waals surface area contributed by atoms with Gasteiger partial charge < -0.3 is 14.2 Å². The summed E-state index contributed by atoms with van der Waals surface area (Å²) < 4.78 is 22.6. The largest absolute Gasteiger partial charge is 0.487 e. The van der Waals surface area contributed by atoms with E-state index in [0.717, 1.165) is 17.7 Å². The zero-order chi connectivity index (χ0) is 20.5. The molecule has 0 heterocycles. The Labute approximate surface area is 170 Å². The van der Waals surface area contributed by atoms with E-state index in [9.17, 15) is 4.79 Å². The second-order valence-electron chi connectivity index (χ2n) is 6.49. The molecule has 0 fully saturated rings. The number of carbonyl (C=O) groups is 1. The predicted molar refractivity (Wildman–Crippen MR) is 113 cm³/mol. The van der Waals surface area contributed by atoms with E-state index in [1.54, 1.807) is 25.2 Å². The zero-order valence-corrected chi connectivity index (χ0v) is 17.6. The first-order valence-corrected chi connectivity index (χ1v) is 9.78. The summed E-state index contributed by atoms with van der Waals surface area (Å²) in [6, 6.07) is 16.6. The van der Waals surface area contributed by atoms with E-state index in [1.165, 1.54) is 4.31 Å². The molecule has 0 aliphatic heterocycles. The van der Waals surface area contributed by atoms with Crippen molar-refractivity contribution < 1.29 is 19.0 Å². The number of hydrogen-bond acceptors (Lipinski definition) is 6. The standard InChI is InChI=1S/C21H26N2O4S/c1-15(2)25-18-13-9-10-14-19(18)27-21(24)23(5)28-22-20(26-16(3)4)17-11-7-6-8-12-17/h6-16H,1-5H3. The fraction of sp³-hybridized carbons (Fsp3) is 0.333. The van der Waals surface area contributed by atoms with Crippen LogP contribution >= 0.6 is 12.1 Å². The smallest absolute Gasteiger partial charge is 0.426 e. The first-order chi connectivity index (χ1) is 13.4. The third kappa shape index (κ3) is 6.81. The quantitative estimate of drug-likeness (QED) is 0.355. The van der Waals surface area contributed by atoms with Gasteiger partial charge in [-0.25, -0.2) is 9.10 Å². The molecule has 0 aromatic heterocycles. The van der Waals surface area contributed by atoms with Gasteiger partial charge in [-0.05, 0) is 52.0 Å². The Morgan fingerprint density at radius 3 is 2.14 bits per heavy atom. The van der Waals surface area contributed by atoms with Gasteiger partial charge >= 0.3 is 6.09 Å². The van der Waals surface area contributed by atoms with Gasteiger partial charge in [0.15, 0.2) is 11.5 Å². The van der Waals surface area contributed by atoms with Crippen molar-refractivity contribution >= 4 is 24.1 Å². The van der Waals surface area contributed by atoms with E-state index >= 15 is 0 Å². The number of carbonyl (C=O) groups excluding carboxylic acids is 1. The number of ether oxygens (including phenoxy) is 3. The Hall–Kier alpha value is -2.67. The third-order valence-electron chi connectivity index (χ3n) is 3.28. The molecule has 0 aliphatic carbocycles. The molecule has 6 nitrogen and oxygen atoms in total. The van der Waals surface area contributed by atoms with Crippen molar-refractivity contribution in [2.75, 3.05) is 7.05 Å². The highest BCUT2D eigenvalue weighted by atomic mass is 32.2. The number of nitrogens with zero attached hydrogens (tertiary/aromatic N) is 2. The molecule has 0 saturated heterocycles. The number of rotatable bonds is 7. The topological polar surface area (TPSA) is 60.4 Å². The summed E-state index contributed by atoms with van der Waals surface area (Å²) in [5.41, 5.74) is 0.834. The maximum atomic E-state index is 12.4. The molecule has 7 heteroatoms. The second-order valence-corrected chi connectivity index (χ2v) is 7.38. The van der Waals surface area contributed by atoms with Gasteiger partial charge in [0.25, 0.3) is 0 Å². The number of amides is 1. The Bertz CT molecular complexity index is 794. The molecule has 1 amide bonds. The molecule has 0 spiro atoms. The van der Waals surface area contributed by atoms with Crippen LogP contribution in [0, 0.1) is 0 Å². The summed E-state index contributed by atoms with van der Waals surface area (Å²) in [4.78, 5) is 12.4. The van der Waals surface area contributed by atoms with Crippen LogP contribution in [0.4, 0.5) is 4.79 Å². The minimum absolute atomic E-state index is 0.0295. The Kier molecular flexibility index (Phi) is 8.19. The maximum absolute atomic E-state index is 12.4. The van der Waals surface area contributed by atoms with Crippen LogP contribution in [-0.4, -0.2) is 35.6 Å². The fourth-order valence-corrected chi connectivity index (χ4v) is 2.57. The zero-order valence-electron chi connectivity index (χ0n) is 16.8. The third-order valence-corrected chi connectivity index (χ3v) is 3.92. The van der Waals surface area contributed by atoms with Gasteiger partial charge in [0.2, 0.25) is 5.90 Å². The molecule has 2 aromatic rings. The SMILES string of the molecule is CC(C)OC(=NSN(C)C(=O)Oc1ccccc1OC(C)C)c1ccccc1. The van der Waals surface area contributed by atoms with Crippen molar-refractivity contribution in [3.8, 4) is 11.5 Å². The molecule has 0 aliphatic rings. The molecule has 0 bridgehead atoms. The van der Waals surface area contributed by atoms with Crippen molar-refractivity contribution in [3.63, 3.8) is 0 Å². The van der Waals surface area contributed by atoms with E-state index < -0.39 is 6.09 Å². The highest BCUT2D eigenvalue weighted by Crippen LogP contribution is 2.28. The van der Waals surface area contributed by atoms with Gasteiger partial charge in [0.1, 0.15) is 12.1 Å². The van der Waals surface area contributed by atoms with E-state index in [0.29, 0.717) is 17.4 Å². The highest BCUT2D eigenvalue weighted by Gasteiger charge is 2.17. The Morgan fingerprint density at radius 2 is 1.54 bits per heavy atom. The summed E-state index contributed by atoms with van der Waals surface area (Å²) in [7, 11) is 1.58. The van der Waals surface area contributed by atoms with Gasteiger partial charge in [-0.3, -0.25) is 0 Å². The molecular weight excluding hydrogens is 376 g/mol. The van der Waals surface area contributed by atoms with Gasteiger partial charge in [0.05, 0.1) is 12.2 Å². The summed E-state index contributed by atoms with van der Waals surface area (Å²) in [6.45, 7) is 7.67. The average molecular weight is 403 g/mol. The molecule has 0 saturated carbocycles. The summed E-state index contributed by atoms with van der Waals surface area (Å²) in [6.07, 6.45) is -0.638. The van der Waals surface area contributed by atoms with Crippen molar-refractivity contribution in [2.45, 2.75) is 39.9 Å². The van der Waals surface area contributed by atoms with E-state index in [4.69, 9.17) is 14.2 Å². The monoisotopic (exact) mass is 402 g/mol. The van der Waals surface area contributed by atoms with Gasteiger partial charge in [-0.1, -0.05) is 30.3 Å². The van der Waals surface area contributed by atoms with Crippen LogP contribution in [0.25, 0.3) is 0 Å². The molecule has 2 rings (SSSR count). The Balaban J connectivity index is 2.07. The van der Waals surface area contributed by atoms with Crippen LogP contribution in [0.3, 0.4) is 0 Å². The van der Waals surface area contributed by atoms with Gasteiger partial charge in [0, 0.05) is 12.6 Å². The molecule has 150 valence electrons. The molecule has 0 unspecified atom stereocenters. The van der Waals surface area contributed by atoms with Crippen LogP contribution in [0.1, 0.15) is 33.3 Å². The minimum atomic E-state index is -0.564. The van der Waals surface area contributed by atoms with Gasteiger partial charge in [-0.15, -0.1) is 0 Å². The molecule has 28 heavy (non-hydrogen) atoms. The van der Waals surface area contributed by atoms with E-state index in [-0.39, 0.29) is 12.2 Å². The maximum Gasteiger partial charge on any atom is 0.426 e. The molecule has 0 radical (unpaired) electrons. The molecule has 2 aromatic carbocycles. The lowest BCUT2D eigenvalue weighted by atomic mass is 10.2. The van der Waals surface area contributed by atoms with Crippen molar-refractivity contribution in [2.24, 2.45) is 4.40 Å². The van der Waals surface area contributed by atoms with Crippen LogP contribution < -0.4 is 9.47 Å². The minimum Gasteiger partial charge on any atom is -0.487 e. The summed E-state index contributed by atoms with van der Waals surface area (Å²) in [5.74, 6) is 1.32. The van der Waals surface area contributed by atoms with Crippen LogP contribution in [0.15, 0.2) is 59.0 Å². The first-order valence-electron chi connectivity index (χ1n) is 9.05. The molecular formula is C21H26N2O4S. The lowest BCUT2D eigenvalue weighted by Crippen LogP contribution is -2.24. The summed E-state index contributed by atoms with van der Waals surface area (Å²) in [5, 5.41) is 0. The lowest BCUT2D eigenvalue weighted by Gasteiger charge is -2.17. The predicted octanol–water partition coefficient (Wildman–Crippen LogP) is 5.34. The fourth-order valence-electron chi connectivity index (χ4n) is 2.12. The molecule has 0 atom stereocenters. The lowest BCUT2D eigenvalue weighted by molar-refractivity contribution is 0.180. The van der Waals surface area contributed by atoms with Crippen LogP contribution in [-0.2, 0) is 4.74 Å². The first kappa shape index (κ1) is 21.6. The van der Waals surface area contributed by atoms with Crippen LogP contribution in [0.5, 0.6) is 11.5 Å². The number of benzene rings is 2. The normalized spacial score (nSPS) is 11.5. The number of hydrogen-bond donors (Lipinski definition) is 0. The van der Waals surface area contributed by atoms with Crippen molar-refractivity contribution in [1.82, 2.24) is 4.31 Å². The highest BCUT2D eigenvalue weighted by molar-refractivity contribution is 7.96. The van der Waals surface area contributed by atoms with Crippen molar-refractivity contribution in [1.29, 1.82) is 0 Å². The summed E-state index contributed by atoms with van der Waals surface area (Å²) >= 11 is 0.949. The van der Waals surface area contributed by atoms with Crippen LogP contribution in [0.2, 0.25) is 0 Å². The molecule has 0 N–H and O–H groups in total.